The molecule has 2 aliphatic heterocycles. The highest BCUT2D eigenvalue weighted by Gasteiger charge is 2.28. The summed E-state index contributed by atoms with van der Waals surface area (Å²) < 4.78 is 24.4. The summed E-state index contributed by atoms with van der Waals surface area (Å²) in [5.74, 6) is 2.04. The predicted octanol–water partition coefficient (Wildman–Crippen LogP) is 6.12. The van der Waals surface area contributed by atoms with Crippen LogP contribution < -0.4 is 33.9 Å². The number of carboxylic acids is 1. The van der Waals surface area contributed by atoms with Gasteiger partial charge in [0.05, 0.1) is 40.9 Å². The first-order valence-corrected chi connectivity index (χ1v) is 15.6. The van der Waals surface area contributed by atoms with E-state index in [1.807, 2.05) is 6.07 Å². The maximum absolute atomic E-state index is 10.7. The number of aliphatic hydroxyl groups is 1. The van der Waals surface area contributed by atoms with Gasteiger partial charge in [0.25, 0.3) is 0 Å². The van der Waals surface area contributed by atoms with E-state index in [9.17, 15) is 9.90 Å². The Morgan fingerprint density at radius 2 is 1.68 bits per heavy atom. The van der Waals surface area contributed by atoms with Gasteiger partial charge in [-0.1, -0.05) is 47.5 Å². The number of carbonyl (C=O) groups excluding carboxylic acids is 1. The molecule has 0 radical (unpaired) electrons. The van der Waals surface area contributed by atoms with Gasteiger partial charge in [0.2, 0.25) is 12.5 Å². The second-order valence-electron chi connectivity index (χ2n) is 10.5. The van der Waals surface area contributed by atoms with Gasteiger partial charge in [-0.25, -0.2) is 0 Å². The molecule has 0 aliphatic carbocycles. The second kappa shape index (κ2) is 15.3. The molecule has 2 aliphatic rings. The molecule has 0 saturated heterocycles. The molecule has 2 N–H and O–H groups in total. The number of benzene rings is 4. The van der Waals surface area contributed by atoms with Crippen molar-refractivity contribution in [2.45, 2.75) is 26.3 Å². The molecule has 0 unspecified atom stereocenters. The molecule has 0 fully saturated rings. The average molecular weight is 678 g/mol. The van der Waals surface area contributed by atoms with Crippen molar-refractivity contribution in [3.8, 4) is 34.3 Å². The molecule has 244 valence electrons. The summed E-state index contributed by atoms with van der Waals surface area (Å²) in [6.07, 6.45) is 2.94. The zero-order valence-corrected chi connectivity index (χ0v) is 27.7. The largest absolute Gasteiger partial charge is 0.550 e. The topological polar surface area (TPSA) is 113 Å². The third-order valence-electron chi connectivity index (χ3n) is 7.58. The second-order valence-corrected chi connectivity index (χ2v) is 11.3. The van der Waals surface area contributed by atoms with Gasteiger partial charge in [-0.2, -0.15) is 4.57 Å². The molecule has 0 bridgehead atoms. The van der Waals surface area contributed by atoms with Gasteiger partial charge in [-0.15, -0.1) is 0 Å². The quantitative estimate of drug-likeness (QED) is 0.207. The summed E-state index contributed by atoms with van der Waals surface area (Å²) >= 11 is 12.1. The van der Waals surface area contributed by atoms with Gasteiger partial charge < -0.3 is 39.3 Å². The standard InChI is InChI=1S/C20H18NO4.C14H11Cl2NO2.C2H6O/c1-22-17-4-3-12-7-16-14-9-19-18(24-11-25-19)8-13(14)5-6-21(16)10-15(12)20(17)23-2;15-10-5-3-6-11(16)14(10)17-12-7-2-1-4-9(12)8-13(18)19;1-2-3/h3-4,7-10H,5-6,11H2,1-2H3;1-7,17H,8H2,(H,18,19);3H,2H2,1H3/q+1;;/p-1. The van der Waals surface area contributed by atoms with Crippen LogP contribution in [0.25, 0.3) is 22.0 Å². The van der Waals surface area contributed by atoms with Crippen LogP contribution in [0.1, 0.15) is 18.1 Å². The van der Waals surface area contributed by atoms with Crippen LogP contribution in [0.4, 0.5) is 11.4 Å². The van der Waals surface area contributed by atoms with E-state index in [0.29, 0.717) is 33.8 Å². The van der Waals surface area contributed by atoms with Gasteiger partial charge in [-0.05, 0) is 65.9 Å². The Kier molecular flexibility index (Phi) is 10.9. The fourth-order valence-electron chi connectivity index (χ4n) is 5.47. The van der Waals surface area contributed by atoms with E-state index in [-0.39, 0.29) is 13.0 Å². The van der Waals surface area contributed by atoms with Crippen molar-refractivity contribution in [3.05, 3.63) is 100 Å². The number of para-hydroxylation sites is 2. The Bertz CT molecular complexity index is 1900. The minimum atomic E-state index is -1.14. The highest BCUT2D eigenvalue weighted by molar-refractivity contribution is 6.39. The Morgan fingerprint density at radius 3 is 2.36 bits per heavy atom. The van der Waals surface area contributed by atoms with Crippen LogP contribution in [-0.2, 0) is 24.2 Å². The summed E-state index contributed by atoms with van der Waals surface area (Å²) in [4.78, 5) is 10.7. The Labute approximate surface area is 282 Å². The molecule has 7 rings (SSSR count). The number of aliphatic carboxylic acids is 1. The lowest BCUT2D eigenvalue weighted by atomic mass is 9.95. The Hall–Kier alpha value is -4.70. The molecule has 4 aromatic carbocycles. The SMILES string of the molecule is CCO.COc1ccc2cc3[n+](cc2c1OC)CCc1cc2c(cc1-3)OCO2.O=C([O-])Cc1ccccc1Nc1c(Cl)cccc1Cl. The number of fused-ring (bicyclic) bond motifs is 5. The number of nitrogens with one attached hydrogen (secondary N) is 1. The van der Waals surface area contributed by atoms with Crippen LogP contribution in [-0.4, -0.2) is 38.7 Å². The average Bonchev–Trinajstić information content (AvgIpc) is 3.53. The summed E-state index contributed by atoms with van der Waals surface area (Å²) in [5, 5.41) is 24.5. The lowest BCUT2D eigenvalue weighted by molar-refractivity contribution is -0.686. The first kappa shape index (κ1) is 33.7. The number of methoxy groups -OCH3 is 2. The smallest absolute Gasteiger partial charge is 0.231 e. The summed E-state index contributed by atoms with van der Waals surface area (Å²) in [6, 6.07) is 22.6. The van der Waals surface area contributed by atoms with Gasteiger partial charge in [-0.3, -0.25) is 0 Å². The van der Waals surface area contributed by atoms with Crippen LogP contribution in [0.5, 0.6) is 23.0 Å². The van der Waals surface area contributed by atoms with E-state index in [1.165, 1.54) is 16.8 Å². The van der Waals surface area contributed by atoms with Crippen molar-refractivity contribution in [1.29, 1.82) is 0 Å². The maximum Gasteiger partial charge on any atom is 0.231 e. The summed E-state index contributed by atoms with van der Waals surface area (Å²) in [5.41, 5.74) is 5.48. The van der Waals surface area contributed by atoms with Crippen molar-refractivity contribution in [2.75, 3.05) is 32.9 Å². The number of nitrogens with zero attached hydrogens (tertiary/aromatic N) is 1. The van der Waals surface area contributed by atoms with E-state index < -0.39 is 5.97 Å². The number of carbonyl (C=O) groups is 1. The molecule has 47 heavy (non-hydrogen) atoms. The summed E-state index contributed by atoms with van der Waals surface area (Å²) in [6.45, 7) is 3.14. The van der Waals surface area contributed by atoms with Gasteiger partial charge >= 0.3 is 0 Å². The Morgan fingerprint density at radius 1 is 0.979 bits per heavy atom. The highest BCUT2D eigenvalue weighted by Crippen LogP contribution is 2.41. The molecular formula is C36H34Cl2N2O7. The number of anilines is 2. The number of aromatic nitrogens is 1. The minimum absolute atomic E-state index is 0.175. The van der Waals surface area contributed by atoms with Crippen LogP contribution in [0.2, 0.25) is 10.0 Å². The van der Waals surface area contributed by atoms with Crippen molar-refractivity contribution in [1.82, 2.24) is 0 Å². The molecule has 3 heterocycles. The molecule has 9 nitrogen and oxygen atoms in total. The normalized spacial score (nSPS) is 12.0. The molecular weight excluding hydrogens is 643 g/mol. The lowest BCUT2D eigenvalue weighted by Crippen LogP contribution is -2.40. The summed E-state index contributed by atoms with van der Waals surface area (Å²) in [7, 11) is 3.34. The number of halogens is 2. The number of carboxylic acid groups (broad SMARTS) is 1. The van der Waals surface area contributed by atoms with Crippen LogP contribution in [0, 0.1) is 0 Å². The van der Waals surface area contributed by atoms with Gasteiger partial charge in [0, 0.05) is 37.2 Å². The van der Waals surface area contributed by atoms with Crippen molar-refractivity contribution < 1.29 is 38.5 Å². The molecule has 0 saturated carbocycles. The van der Waals surface area contributed by atoms with E-state index in [0.717, 1.165) is 46.7 Å². The van der Waals surface area contributed by atoms with Gasteiger partial charge in [0.1, 0.15) is 0 Å². The molecule has 1 aromatic heterocycles. The molecule has 0 atom stereocenters. The first-order valence-electron chi connectivity index (χ1n) is 14.9. The van der Waals surface area contributed by atoms with Crippen molar-refractivity contribution in [2.24, 2.45) is 0 Å². The van der Waals surface area contributed by atoms with E-state index in [1.54, 1.807) is 63.6 Å². The van der Waals surface area contributed by atoms with Crippen LogP contribution in [0.3, 0.4) is 0 Å². The molecule has 0 spiro atoms. The number of rotatable bonds is 6. The highest BCUT2D eigenvalue weighted by atomic mass is 35.5. The molecule has 11 heteroatoms. The fraction of sp³-hybridized carbons (Fsp3) is 0.222. The number of aryl methyl sites for hydroxylation is 2. The van der Waals surface area contributed by atoms with E-state index >= 15 is 0 Å². The Balaban J connectivity index is 0.000000177. The van der Waals surface area contributed by atoms with E-state index in [4.69, 9.17) is 47.3 Å². The number of hydrogen-bond acceptors (Lipinski definition) is 8. The van der Waals surface area contributed by atoms with Crippen molar-refractivity contribution >= 4 is 51.3 Å². The van der Waals surface area contributed by atoms with Crippen LogP contribution >= 0.6 is 23.2 Å². The number of ether oxygens (including phenoxy) is 4. The third kappa shape index (κ3) is 7.49. The zero-order valence-electron chi connectivity index (χ0n) is 26.1. The number of pyridine rings is 1. The molecule has 5 aromatic rings. The van der Waals surface area contributed by atoms with Gasteiger partial charge in [0.15, 0.2) is 35.7 Å². The van der Waals surface area contributed by atoms with E-state index in [2.05, 4.69) is 40.3 Å². The third-order valence-corrected chi connectivity index (χ3v) is 8.21. The van der Waals surface area contributed by atoms with Crippen molar-refractivity contribution in [3.63, 3.8) is 0 Å². The first-order chi connectivity index (χ1) is 22.8. The predicted molar refractivity (Wildman–Crippen MR) is 180 cm³/mol. The monoisotopic (exact) mass is 676 g/mol. The lowest BCUT2D eigenvalue weighted by Gasteiger charge is -2.17. The fourth-order valence-corrected chi connectivity index (χ4v) is 5.96. The van der Waals surface area contributed by atoms with Crippen LogP contribution in [0.15, 0.2) is 79.0 Å². The number of aliphatic hydroxyl groups excluding tert-OH is 1. The number of hydrogen-bond donors (Lipinski definition) is 2. The molecule has 0 amide bonds. The zero-order chi connectivity index (χ0) is 33.5. The minimum Gasteiger partial charge on any atom is -0.550 e. The maximum atomic E-state index is 10.7.